The van der Waals surface area contributed by atoms with Crippen LogP contribution in [-0.4, -0.2) is 45.7 Å². The second-order valence-electron chi connectivity index (χ2n) is 7.17. The minimum Gasteiger partial charge on any atom is -0.497 e. The largest absolute Gasteiger partial charge is 0.497 e. The number of aromatic nitrogens is 2. The molecule has 0 unspecified atom stereocenters. The van der Waals surface area contributed by atoms with Crippen molar-refractivity contribution in [1.82, 2.24) is 14.5 Å². The van der Waals surface area contributed by atoms with Gasteiger partial charge in [-0.3, -0.25) is 14.3 Å². The number of likely N-dealkylation sites (tertiary alicyclic amines) is 1. The van der Waals surface area contributed by atoms with E-state index in [1.807, 2.05) is 49.4 Å². The highest BCUT2D eigenvalue weighted by Crippen LogP contribution is 2.28. The predicted molar refractivity (Wildman–Crippen MR) is 103 cm³/mol. The van der Waals surface area contributed by atoms with Crippen LogP contribution < -0.4 is 4.74 Å². The molecule has 0 bridgehead atoms. The second-order valence-corrected chi connectivity index (χ2v) is 7.17. The van der Waals surface area contributed by atoms with E-state index < -0.39 is 5.97 Å². The highest BCUT2D eigenvalue weighted by Gasteiger charge is 2.35. The molecule has 27 heavy (non-hydrogen) atoms. The number of para-hydroxylation sites is 2. The summed E-state index contributed by atoms with van der Waals surface area (Å²) >= 11 is 0. The number of aliphatic carboxylic acids is 1. The van der Waals surface area contributed by atoms with Gasteiger partial charge in [-0.25, -0.2) is 4.98 Å². The molecule has 2 atom stereocenters. The first kappa shape index (κ1) is 17.5. The molecule has 4 rings (SSSR count). The van der Waals surface area contributed by atoms with Crippen LogP contribution in [-0.2, 0) is 11.3 Å². The molecule has 1 saturated heterocycles. The van der Waals surface area contributed by atoms with Crippen LogP contribution in [0.5, 0.6) is 5.75 Å². The molecule has 2 aromatic carbocycles. The summed E-state index contributed by atoms with van der Waals surface area (Å²) in [7, 11) is 1.65. The van der Waals surface area contributed by atoms with Crippen molar-refractivity contribution in [2.45, 2.75) is 13.5 Å². The second kappa shape index (κ2) is 7.04. The van der Waals surface area contributed by atoms with Crippen LogP contribution in [0, 0.1) is 11.8 Å². The number of carbonyl (C=O) groups is 1. The van der Waals surface area contributed by atoms with Crippen molar-refractivity contribution in [3.63, 3.8) is 0 Å². The van der Waals surface area contributed by atoms with Gasteiger partial charge in [0.2, 0.25) is 0 Å². The molecule has 6 nitrogen and oxygen atoms in total. The van der Waals surface area contributed by atoms with E-state index >= 15 is 0 Å². The zero-order valence-electron chi connectivity index (χ0n) is 15.5. The average Bonchev–Trinajstić information content (AvgIpc) is 3.22. The zero-order valence-corrected chi connectivity index (χ0v) is 15.5. The van der Waals surface area contributed by atoms with Crippen molar-refractivity contribution in [2.75, 3.05) is 20.2 Å². The number of nitrogens with zero attached hydrogens (tertiary/aromatic N) is 3. The van der Waals surface area contributed by atoms with Gasteiger partial charge < -0.3 is 9.84 Å². The predicted octanol–water partition coefficient (Wildman–Crippen LogP) is 3.19. The summed E-state index contributed by atoms with van der Waals surface area (Å²) in [5, 5.41) is 9.40. The Hall–Kier alpha value is -2.86. The van der Waals surface area contributed by atoms with Crippen LogP contribution in [0.4, 0.5) is 0 Å². The molecule has 6 heteroatoms. The lowest BCUT2D eigenvalue weighted by Gasteiger charge is -2.17. The molecule has 0 aliphatic carbocycles. The van der Waals surface area contributed by atoms with E-state index in [1.54, 1.807) is 7.11 Å². The van der Waals surface area contributed by atoms with Crippen LogP contribution in [0.15, 0.2) is 48.5 Å². The Bertz CT molecular complexity index is 964. The molecular weight excluding hydrogens is 342 g/mol. The monoisotopic (exact) mass is 365 g/mol. The quantitative estimate of drug-likeness (QED) is 0.752. The maximum absolute atomic E-state index is 11.4. The molecule has 1 fully saturated rings. The van der Waals surface area contributed by atoms with E-state index in [0.29, 0.717) is 13.1 Å². The number of hydrogen-bond donors (Lipinski definition) is 1. The molecule has 0 radical (unpaired) electrons. The fourth-order valence-electron chi connectivity index (χ4n) is 3.92. The summed E-state index contributed by atoms with van der Waals surface area (Å²) in [4.78, 5) is 18.5. The Labute approximate surface area is 158 Å². The first-order chi connectivity index (χ1) is 13.1. The number of hydrogen-bond acceptors (Lipinski definition) is 4. The van der Waals surface area contributed by atoms with E-state index in [-0.39, 0.29) is 11.8 Å². The molecule has 1 aliphatic rings. The Morgan fingerprint density at radius 1 is 1.19 bits per heavy atom. The maximum atomic E-state index is 11.4. The highest BCUT2D eigenvalue weighted by molar-refractivity contribution is 5.78. The lowest BCUT2D eigenvalue weighted by Crippen LogP contribution is -2.24. The van der Waals surface area contributed by atoms with Crippen molar-refractivity contribution in [1.29, 1.82) is 0 Å². The number of carboxylic acids is 1. The van der Waals surface area contributed by atoms with Gasteiger partial charge in [0, 0.05) is 18.8 Å². The Morgan fingerprint density at radius 2 is 1.93 bits per heavy atom. The van der Waals surface area contributed by atoms with Gasteiger partial charge in [-0.05, 0) is 42.3 Å². The number of ether oxygens (including phenoxy) is 1. The third kappa shape index (κ3) is 3.28. The third-order valence-corrected chi connectivity index (χ3v) is 5.33. The van der Waals surface area contributed by atoms with Crippen LogP contribution in [0.2, 0.25) is 0 Å². The van der Waals surface area contributed by atoms with E-state index in [4.69, 9.17) is 9.72 Å². The number of fused-ring (bicyclic) bond motifs is 1. The Balaban J connectivity index is 1.71. The summed E-state index contributed by atoms with van der Waals surface area (Å²) in [5.41, 5.74) is 2.99. The van der Waals surface area contributed by atoms with Gasteiger partial charge in [0.1, 0.15) is 11.6 Å². The van der Waals surface area contributed by atoms with Crippen LogP contribution in [0.1, 0.15) is 12.7 Å². The van der Waals surface area contributed by atoms with Gasteiger partial charge in [-0.15, -0.1) is 0 Å². The molecule has 0 spiro atoms. The maximum Gasteiger partial charge on any atom is 0.308 e. The number of imidazole rings is 1. The van der Waals surface area contributed by atoms with Crippen molar-refractivity contribution >= 4 is 17.0 Å². The van der Waals surface area contributed by atoms with E-state index in [2.05, 4.69) is 15.5 Å². The standard InChI is InChI=1S/C21H23N3O3/c1-14-11-23(12-17(14)21(25)26)13-20-22-18-5-3-4-6-19(18)24(20)15-7-9-16(27-2)10-8-15/h3-10,14,17H,11-13H2,1-2H3,(H,25,26)/t14-,17-/m1/s1. The van der Waals surface area contributed by atoms with Crippen molar-refractivity contribution in [3.8, 4) is 11.4 Å². The lowest BCUT2D eigenvalue weighted by atomic mass is 9.99. The fraction of sp³-hybridized carbons (Fsp3) is 0.333. The van der Waals surface area contributed by atoms with Crippen molar-refractivity contribution < 1.29 is 14.6 Å². The van der Waals surface area contributed by atoms with Crippen molar-refractivity contribution in [2.24, 2.45) is 11.8 Å². The molecule has 1 aromatic heterocycles. The first-order valence-corrected chi connectivity index (χ1v) is 9.12. The Kier molecular flexibility index (Phi) is 4.58. The highest BCUT2D eigenvalue weighted by atomic mass is 16.5. The van der Waals surface area contributed by atoms with Gasteiger partial charge in [0.25, 0.3) is 0 Å². The summed E-state index contributed by atoms with van der Waals surface area (Å²) < 4.78 is 7.42. The van der Waals surface area contributed by atoms with Crippen LogP contribution in [0.3, 0.4) is 0 Å². The van der Waals surface area contributed by atoms with Crippen LogP contribution in [0.25, 0.3) is 16.7 Å². The smallest absolute Gasteiger partial charge is 0.308 e. The molecule has 0 saturated carbocycles. The van der Waals surface area contributed by atoms with Gasteiger partial charge in [0.15, 0.2) is 0 Å². The minimum atomic E-state index is -0.714. The normalized spacial score (nSPS) is 20.2. The summed E-state index contributed by atoms with van der Waals surface area (Å²) in [6, 6.07) is 16.0. The topological polar surface area (TPSA) is 67.6 Å². The third-order valence-electron chi connectivity index (χ3n) is 5.33. The number of methoxy groups -OCH3 is 1. The minimum absolute atomic E-state index is 0.140. The lowest BCUT2D eigenvalue weighted by molar-refractivity contribution is -0.142. The molecule has 2 heterocycles. The SMILES string of the molecule is COc1ccc(-n2c(CN3C[C@@H](C)[C@H](C(=O)O)C3)nc3ccccc32)cc1. The Morgan fingerprint density at radius 3 is 2.59 bits per heavy atom. The van der Waals surface area contributed by atoms with Gasteiger partial charge >= 0.3 is 5.97 Å². The molecule has 3 aromatic rings. The molecular formula is C21H23N3O3. The van der Waals surface area contributed by atoms with Crippen LogP contribution >= 0.6 is 0 Å². The van der Waals surface area contributed by atoms with E-state index in [1.165, 1.54) is 0 Å². The van der Waals surface area contributed by atoms with E-state index in [9.17, 15) is 9.90 Å². The van der Waals surface area contributed by atoms with Gasteiger partial charge in [-0.2, -0.15) is 0 Å². The summed E-state index contributed by atoms with van der Waals surface area (Å²) in [6.07, 6.45) is 0. The molecule has 0 amide bonds. The van der Waals surface area contributed by atoms with Gasteiger partial charge in [0.05, 0.1) is 30.6 Å². The molecule has 1 aliphatic heterocycles. The average molecular weight is 365 g/mol. The number of carboxylic acid groups (broad SMARTS) is 1. The van der Waals surface area contributed by atoms with Gasteiger partial charge in [-0.1, -0.05) is 19.1 Å². The summed E-state index contributed by atoms with van der Waals surface area (Å²) in [5.74, 6) is 0.834. The first-order valence-electron chi connectivity index (χ1n) is 9.12. The van der Waals surface area contributed by atoms with Crippen molar-refractivity contribution in [3.05, 3.63) is 54.4 Å². The van der Waals surface area contributed by atoms with E-state index in [0.717, 1.165) is 34.8 Å². The molecule has 1 N–H and O–H groups in total. The molecule has 140 valence electrons. The summed E-state index contributed by atoms with van der Waals surface area (Å²) in [6.45, 7) is 3.95. The zero-order chi connectivity index (χ0) is 19.0. The fourth-order valence-corrected chi connectivity index (χ4v) is 3.92. The number of rotatable bonds is 5. The number of benzene rings is 2.